The van der Waals surface area contributed by atoms with Gasteiger partial charge in [0.25, 0.3) is 0 Å². The van der Waals surface area contributed by atoms with E-state index in [2.05, 4.69) is 29.0 Å². The van der Waals surface area contributed by atoms with E-state index in [1.807, 2.05) is 6.92 Å². The molecule has 1 aromatic heterocycles. The van der Waals surface area contributed by atoms with Gasteiger partial charge in [0.05, 0.1) is 6.04 Å². The molecule has 4 nitrogen and oxygen atoms in total. The average molecular weight is 168 g/mol. The highest BCUT2D eigenvalue weighted by Gasteiger charge is 2.10. The minimum Gasteiger partial charge on any atom is -0.321 e. The van der Waals surface area contributed by atoms with Crippen LogP contribution in [0, 0.1) is 0 Å². The Labute approximate surface area is 72.6 Å². The molecular formula is C8H16N4. The molecule has 0 radical (unpaired) electrons. The van der Waals surface area contributed by atoms with E-state index in [0.29, 0.717) is 5.92 Å². The molecule has 0 aliphatic rings. The van der Waals surface area contributed by atoms with Crippen molar-refractivity contribution in [3.63, 3.8) is 0 Å². The van der Waals surface area contributed by atoms with Crippen LogP contribution in [0.5, 0.6) is 0 Å². The first-order valence-electron chi connectivity index (χ1n) is 4.33. The van der Waals surface area contributed by atoms with Gasteiger partial charge in [-0.25, -0.2) is 4.98 Å². The van der Waals surface area contributed by atoms with E-state index in [9.17, 15) is 0 Å². The fourth-order valence-electron chi connectivity index (χ4n) is 0.905. The van der Waals surface area contributed by atoms with E-state index in [1.54, 1.807) is 0 Å². The molecule has 1 atom stereocenters. The number of nitrogens with one attached hydrogen (secondary N) is 1. The zero-order valence-corrected chi connectivity index (χ0v) is 7.83. The summed E-state index contributed by atoms with van der Waals surface area (Å²) in [6, 6.07) is -0.00926. The SMILES string of the molecule is CC[C@H](N)c1nc(C(C)C)n[nH]1. The molecule has 0 aliphatic carbocycles. The average Bonchev–Trinajstić information content (AvgIpc) is 2.51. The lowest BCUT2D eigenvalue weighted by Gasteiger charge is -2.01. The molecule has 0 amide bonds. The molecule has 0 unspecified atom stereocenters. The Balaban J connectivity index is 2.77. The van der Waals surface area contributed by atoms with E-state index in [4.69, 9.17) is 5.73 Å². The highest BCUT2D eigenvalue weighted by Crippen LogP contribution is 2.12. The number of nitrogens with zero attached hydrogens (tertiary/aromatic N) is 2. The van der Waals surface area contributed by atoms with E-state index >= 15 is 0 Å². The third kappa shape index (κ3) is 1.82. The fourth-order valence-corrected chi connectivity index (χ4v) is 0.905. The first-order chi connectivity index (χ1) is 5.65. The lowest BCUT2D eigenvalue weighted by Crippen LogP contribution is -2.10. The first-order valence-corrected chi connectivity index (χ1v) is 4.33. The molecule has 0 aliphatic heterocycles. The van der Waals surface area contributed by atoms with Crippen LogP contribution in [0.2, 0.25) is 0 Å². The summed E-state index contributed by atoms with van der Waals surface area (Å²) in [5.74, 6) is 1.99. The van der Waals surface area contributed by atoms with Gasteiger partial charge >= 0.3 is 0 Å². The maximum atomic E-state index is 5.77. The molecule has 0 saturated carbocycles. The van der Waals surface area contributed by atoms with Crippen LogP contribution in [-0.2, 0) is 0 Å². The molecular weight excluding hydrogens is 152 g/mol. The second kappa shape index (κ2) is 3.67. The maximum absolute atomic E-state index is 5.77. The molecule has 12 heavy (non-hydrogen) atoms. The molecule has 1 heterocycles. The molecule has 0 aromatic carbocycles. The van der Waals surface area contributed by atoms with Crippen molar-refractivity contribution in [2.75, 3.05) is 0 Å². The smallest absolute Gasteiger partial charge is 0.153 e. The molecule has 68 valence electrons. The van der Waals surface area contributed by atoms with Gasteiger partial charge in [-0.15, -0.1) is 0 Å². The summed E-state index contributed by atoms with van der Waals surface area (Å²) in [5.41, 5.74) is 5.77. The van der Waals surface area contributed by atoms with Gasteiger partial charge in [-0.05, 0) is 6.42 Å². The van der Waals surface area contributed by atoms with Gasteiger partial charge in [0.15, 0.2) is 5.82 Å². The normalized spacial score (nSPS) is 13.8. The van der Waals surface area contributed by atoms with Crippen molar-refractivity contribution in [1.29, 1.82) is 0 Å². The number of rotatable bonds is 3. The number of hydrogen-bond donors (Lipinski definition) is 2. The van der Waals surface area contributed by atoms with Crippen LogP contribution in [0.1, 0.15) is 50.8 Å². The second-order valence-electron chi connectivity index (χ2n) is 3.25. The molecule has 0 bridgehead atoms. The highest BCUT2D eigenvalue weighted by atomic mass is 15.2. The number of hydrogen-bond acceptors (Lipinski definition) is 3. The number of aromatic nitrogens is 3. The van der Waals surface area contributed by atoms with E-state index < -0.39 is 0 Å². The molecule has 0 saturated heterocycles. The predicted octanol–water partition coefficient (Wildman–Crippen LogP) is 1.34. The Morgan fingerprint density at radius 1 is 1.50 bits per heavy atom. The Bertz CT molecular complexity index is 241. The molecule has 3 N–H and O–H groups in total. The van der Waals surface area contributed by atoms with Crippen LogP contribution in [0.4, 0.5) is 0 Å². The van der Waals surface area contributed by atoms with Gasteiger partial charge in [0.2, 0.25) is 0 Å². The van der Waals surface area contributed by atoms with Crippen molar-refractivity contribution in [1.82, 2.24) is 15.2 Å². The summed E-state index contributed by atoms with van der Waals surface area (Å²) in [4.78, 5) is 4.29. The molecule has 1 rings (SSSR count). The quantitative estimate of drug-likeness (QED) is 0.715. The summed E-state index contributed by atoms with van der Waals surface area (Å²) >= 11 is 0. The van der Waals surface area contributed by atoms with Gasteiger partial charge in [-0.2, -0.15) is 5.10 Å². The van der Waals surface area contributed by atoms with Gasteiger partial charge in [0, 0.05) is 5.92 Å². The Hall–Kier alpha value is -0.900. The Morgan fingerprint density at radius 2 is 2.17 bits per heavy atom. The van der Waals surface area contributed by atoms with Gasteiger partial charge in [-0.1, -0.05) is 20.8 Å². The topological polar surface area (TPSA) is 67.6 Å². The van der Waals surface area contributed by atoms with Crippen molar-refractivity contribution < 1.29 is 0 Å². The van der Waals surface area contributed by atoms with Crippen LogP contribution in [-0.4, -0.2) is 15.2 Å². The standard InChI is InChI=1S/C8H16N4/c1-4-6(9)8-10-7(5(2)3)11-12-8/h5-6H,4,9H2,1-3H3,(H,10,11,12)/t6-/m0/s1. The lowest BCUT2D eigenvalue weighted by atomic mass is 10.2. The fraction of sp³-hybridized carbons (Fsp3) is 0.750. The monoisotopic (exact) mass is 168 g/mol. The van der Waals surface area contributed by atoms with E-state index in [1.165, 1.54) is 0 Å². The van der Waals surface area contributed by atoms with E-state index in [-0.39, 0.29) is 6.04 Å². The van der Waals surface area contributed by atoms with E-state index in [0.717, 1.165) is 18.1 Å². The van der Waals surface area contributed by atoms with Crippen molar-refractivity contribution >= 4 is 0 Å². The highest BCUT2D eigenvalue weighted by molar-refractivity contribution is 4.98. The number of aromatic amines is 1. The molecule has 1 aromatic rings. The number of nitrogens with two attached hydrogens (primary N) is 1. The second-order valence-corrected chi connectivity index (χ2v) is 3.25. The molecule has 0 spiro atoms. The molecule has 0 fully saturated rings. The largest absolute Gasteiger partial charge is 0.321 e. The number of H-pyrrole nitrogens is 1. The third-order valence-corrected chi connectivity index (χ3v) is 1.83. The predicted molar refractivity (Wildman–Crippen MR) is 47.7 cm³/mol. The van der Waals surface area contributed by atoms with Crippen LogP contribution >= 0.6 is 0 Å². The zero-order chi connectivity index (χ0) is 9.14. The minimum atomic E-state index is -0.00926. The Morgan fingerprint density at radius 3 is 2.58 bits per heavy atom. The summed E-state index contributed by atoms with van der Waals surface area (Å²) in [7, 11) is 0. The van der Waals surface area contributed by atoms with Crippen LogP contribution in [0.3, 0.4) is 0 Å². The summed E-state index contributed by atoms with van der Waals surface area (Å²) in [6.45, 7) is 6.15. The lowest BCUT2D eigenvalue weighted by molar-refractivity contribution is 0.651. The first kappa shape index (κ1) is 9.19. The van der Waals surface area contributed by atoms with Gasteiger partial charge in [0.1, 0.15) is 5.82 Å². The van der Waals surface area contributed by atoms with Crippen LogP contribution in [0.25, 0.3) is 0 Å². The summed E-state index contributed by atoms with van der Waals surface area (Å²) in [5, 5.41) is 6.92. The summed E-state index contributed by atoms with van der Waals surface area (Å²) < 4.78 is 0. The van der Waals surface area contributed by atoms with Gasteiger partial charge < -0.3 is 5.73 Å². The van der Waals surface area contributed by atoms with Gasteiger partial charge in [-0.3, -0.25) is 5.10 Å². The minimum absolute atomic E-state index is 0.00926. The zero-order valence-electron chi connectivity index (χ0n) is 7.83. The van der Waals surface area contributed by atoms with Crippen LogP contribution < -0.4 is 5.73 Å². The van der Waals surface area contributed by atoms with Crippen LogP contribution in [0.15, 0.2) is 0 Å². The van der Waals surface area contributed by atoms with Crippen molar-refractivity contribution in [2.24, 2.45) is 5.73 Å². The maximum Gasteiger partial charge on any atom is 0.153 e. The molecule has 4 heteroatoms. The van der Waals surface area contributed by atoms with Crippen molar-refractivity contribution in [3.8, 4) is 0 Å². The summed E-state index contributed by atoms with van der Waals surface area (Å²) in [6.07, 6.45) is 0.882. The van der Waals surface area contributed by atoms with Crippen molar-refractivity contribution in [3.05, 3.63) is 11.6 Å². The third-order valence-electron chi connectivity index (χ3n) is 1.83. The Kier molecular flexibility index (Phi) is 2.81. The van der Waals surface area contributed by atoms with Crippen molar-refractivity contribution in [2.45, 2.75) is 39.2 Å².